The first kappa shape index (κ1) is 19.0. The average Bonchev–Trinajstić information content (AvgIpc) is 2.55. The molecule has 0 spiro atoms. The van der Waals surface area contributed by atoms with Crippen molar-refractivity contribution in [2.75, 3.05) is 14.2 Å². The van der Waals surface area contributed by atoms with Crippen LogP contribution in [0.1, 0.15) is 45.6 Å². The Kier molecular flexibility index (Phi) is 5.66. The van der Waals surface area contributed by atoms with E-state index in [0.717, 1.165) is 33.9 Å². The predicted molar refractivity (Wildman–Crippen MR) is 103 cm³/mol. The summed E-state index contributed by atoms with van der Waals surface area (Å²) < 4.78 is 18.3. The number of ether oxygens (including phenoxy) is 3. The molecule has 140 valence electrons. The molecule has 1 heterocycles. The number of rotatable bonds is 4. The van der Waals surface area contributed by atoms with Gasteiger partial charge in [0.1, 0.15) is 6.23 Å². The number of benzene rings is 1. The summed E-state index contributed by atoms with van der Waals surface area (Å²) in [6, 6.07) is 4.00. The van der Waals surface area contributed by atoms with E-state index in [0.29, 0.717) is 12.0 Å². The van der Waals surface area contributed by atoms with Crippen molar-refractivity contribution in [3.8, 4) is 11.5 Å². The molecule has 25 heavy (non-hydrogen) atoms. The van der Waals surface area contributed by atoms with Crippen molar-refractivity contribution in [3.63, 3.8) is 0 Å². The first-order valence-electron chi connectivity index (χ1n) is 9.17. The highest BCUT2D eigenvalue weighted by Gasteiger charge is 2.45. The summed E-state index contributed by atoms with van der Waals surface area (Å²) in [5, 5.41) is 3.73. The molecule has 0 bridgehead atoms. The maximum absolute atomic E-state index is 6.48. The summed E-state index contributed by atoms with van der Waals surface area (Å²) in [6.45, 7) is 6.98. The van der Waals surface area contributed by atoms with E-state index in [1.165, 1.54) is 19.3 Å². The lowest BCUT2D eigenvalue weighted by Crippen LogP contribution is -2.63. The molecular weight excluding hydrogens is 382 g/mol. The van der Waals surface area contributed by atoms with Crippen LogP contribution in [0.5, 0.6) is 11.5 Å². The molecule has 1 aliphatic carbocycles. The van der Waals surface area contributed by atoms with Crippen LogP contribution in [-0.4, -0.2) is 32.1 Å². The number of nitrogens with one attached hydrogen (secondary N) is 1. The van der Waals surface area contributed by atoms with Gasteiger partial charge >= 0.3 is 0 Å². The van der Waals surface area contributed by atoms with E-state index in [1.54, 1.807) is 14.2 Å². The van der Waals surface area contributed by atoms with Crippen LogP contribution in [0.25, 0.3) is 0 Å². The van der Waals surface area contributed by atoms with Crippen molar-refractivity contribution in [2.45, 2.75) is 64.3 Å². The maximum atomic E-state index is 6.48. The Morgan fingerprint density at radius 2 is 1.88 bits per heavy atom. The molecule has 1 aromatic rings. The van der Waals surface area contributed by atoms with Gasteiger partial charge in [-0.2, -0.15) is 0 Å². The lowest BCUT2D eigenvalue weighted by molar-refractivity contribution is -0.153. The first-order valence-corrected chi connectivity index (χ1v) is 9.97. The van der Waals surface area contributed by atoms with Crippen molar-refractivity contribution in [3.05, 3.63) is 22.2 Å². The van der Waals surface area contributed by atoms with Gasteiger partial charge in [-0.05, 0) is 50.3 Å². The molecule has 0 unspecified atom stereocenters. The van der Waals surface area contributed by atoms with Crippen molar-refractivity contribution in [1.82, 2.24) is 5.32 Å². The Labute approximate surface area is 159 Å². The molecule has 1 N–H and O–H groups in total. The van der Waals surface area contributed by atoms with E-state index in [-0.39, 0.29) is 11.8 Å². The lowest BCUT2D eigenvalue weighted by atomic mass is 9.70. The summed E-state index contributed by atoms with van der Waals surface area (Å²) in [5.41, 5.74) is 1.25. The van der Waals surface area contributed by atoms with Gasteiger partial charge in [0.05, 0.1) is 20.3 Å². The summed E-state index contributed by atoms with van der Waals surface area (Å²) >= 11 is 3.67. The number of hydrogen-bond acceptors (Lipinski definition) is 4. The van der Waals surface area contributed by atoms with Crippen LogP contribution in [0.3, 0.4) is 0 Å². The normalized spacial score (nSPS) is 31.3. The lowest BCUT2D eigenvalue weighted by Gasteiger charge is -2.51. The standard InChI is InChI=1S/C20H30BrNO3/c1-12-6-7-14-16(8-12)25-19(22-20(14,2)3)10-13-9-17(23-4)18(24-5)11-15(13)21/h9,11-12,14,16,19,22H,6-8,10H2,1-5H3/t12-,14-,16-,19+/m1/s1. The van der Waals surface area contributed by atoms with Crippen molar-refractivity contribution >= 4 is 15.9 Å². The van der Waals surface area contributed by atoms with Gasteiger partial charge in [-0.1, -0.05) is 29.3 Å². The summed E-state index contributed by atoms with van der Waals surface area (Å²) in [4.78, 5) is 0. The molecule has 1 aliphatic heterocycles. The Bertz CT molecular complexity index is 619. The molecule has 0 amide bonds. The summed E-state index contributed by atoms with van der Waals surface area (Å²) in [6.07, 6.45) is 4.88. The van der Waals surface area contributed by atoms with Gasteiger partial charge in [0.25, 0.3) is 0 Å². The van der Waals surface area contributed by atoms with Crippen LogP contribution in [0.4, 0.5) is 0 Å². The smallest absolute Gasteiger partial charge is 0.161 e. The van der Waals surface area contributed by atoms with E-state index >= 15 is 0 Å². The Morgan fingerprint density at radius 1 is 1.20 bits per heavy atom. The van der Waals surface area contributed by atoms with Crippen LogP contribution in [0.15, 0.2) is 16.6 Å². The Morgan fingerprint density at radius 3 is 2.56 bits per heavy atom. The highest BCUT2D eigenvalue weighted by atomic mass is 79.9. The molecular formula is C20H30BrNO3. The number of fused-ring (bicyclic) bond motifs is 1. The molecule has 2 aliphatic rings. The minimum absolute atomic E-state index is 0.0101. The van der Waals surface area contributed by atoms with Crippen LogP contribution in [0, 0.1) is 11.8 Å². The monoisotopic (exact) mass is 411 g/mol. The third-order valence-electron chi connectivity index (χ3n) is 5.81. The fraction of sp³-hybridized carbons (Fsp3) is 0.700. The third kappa shape index (κ3) is 3.99. The second kappa shape index (κ2) is 7.45. The minimum Gasteiger partial charge on any atom is -0.493 e. The molecule has 3 rings (SSSR count). The number of halogens is 1. The molecule has 0 radical (unpaired) electrons. The second-order valence-corrected chi connectivity index (χ2v) is 8.91. The largest absolute Gasteiger partial charge is 0.493 e. The number of methoxy groups -OCH3 is 2. The zero-order chi connectivity index (χ0) is 18.2. The van der Waals surface area contributed by atoms with E-state index in [2.05, 4.69) is 42.0 Å². The molecule has 4 atom stereocenters. The van der Waals surface area contributed by atoms with E-state index in [4.69, 9.17) is 14.2 Å². The van der Waals surface area contributed by atoms with Gasteiger partial charge in [0, 0.05) is 22.4 Å². The van der Waals surface area contributed by atoms with Crippen LogP contribution in [-0.2, 0) is 11.2 Å². The molecule has 0 aromatic heterocycles. The van der Waals surface area contributed by atoms with Gasteiger partial charge in [-0.15, -0.1) is 0 Å². The topological polar surface area (TPSA) is 39.7 Å². The number of hydrogen-bond donors (Lipinski definition) is 1. The Hall–Kier alpha value is -0.780. The molecule has 1 aromatic carbocycles. The average molecular weight is 412 g/mol. The van der Waals surface area contributed by atoms with Gasteiger partial charge in [0.2, 0.25) is 0 Å². The molecule has 1 saturated carbocycles. The van der Waals surface area contributed by atoms with Crippen molar-refractivity contribution in [1.29, 1.82) is 0 Å². The van der Waals surface area contributed by atoms with Crippen molar-refractivity contribution < 1.29 is 14.2 Å². The fourth-order valence-electron chi connectivity index (χ4n) is 4.42. The summed E-state index contributed by atoms with van der Waals surface area (Å²) in [5.74, 6) is 2.83. The maximum Gasteiger partial charge on any atom is 0.161 e. The molecule has 5 heteroatoms. The Balaban J connectivity index is 1.79. The van der Waals surface area contributed by atoms with Gasteiger partial charge in [-0.3, -0.25) is 5.32 Å². The minimum atomic E-state index is 0.0101. The fourth-order valence-corrected chi connectivity index (χ4v) is 4.91. The highest BCUT2D eigenvalue weighted by Crippen LogP contribution is 2.41. The van der Waals surface area contributed by atoms with Crippen LogP contribution < -0.4 is 14.8 Å². The third-order valence-corrected chi connectivity index (χ3v) is 6.55. The zero-order valence-corrected chi connectivity index (χ0v) is 17.5. The van der Waals surface area contributed by atoms with E-state index in [9.17, 15) is 0 Å². The highest BCUT2D eigenvalue weighted by molar-refractivity contribution is 9.10. The molecule has 1 saturated heterocycles. The van der Waals surface area contributed by atoms with Gasteiger partial charge < -0.3 is 14.2 Å². The zero-order valence-electron chi connectivity index (χ0n) is 15.9. The van der Waals surface area contributed by atoms with E-state index in [1.807, 2.05) is 12.1 Å². The van der Waals surface area contributed by atoms with Crippen molar-refractivity contribution in [2.24, 2.45) is 11.8 Å². The first-order chi connectivity index (χ1) is 11.8. The second-order valence-electron chi connectivity index (χ2n) is 8.06. The van der Waals surface area contributed by atoms with Gasteiger partial charge in [0.15, 0.2) is 11.5 Å². The molecule has 4 nitrogen and oxygen atoms in total. The molecule has 2 fully saturated rings. The van der Waals surface area contributed by atoms with Crippen LogP contribution >= 0.6 is 15.9 Å². The van der Waals surface area contributed by atoms with E-state index < -0.39 is 0 Å². The van der Waals surface area contributed by atoms with Gasteiger partial charge in [-0.25, -0.2) is 0 Å². The predicted octanol–water partition coefficient (Wildman–Crippen LogP) is 4.54. The quantitative estimate of drug-likeness (QED) is 0.789. The SMILES string of the molecule is COc1cc(Br)c(C[C@H]2NC(C)(C)[C@@H]3CC[C@@H](C)C[C@H]3O2)cc1OC. The van der Waals surface area contributed by atoms with Crippen LogP contribution in [0.2, 0.25) is 0 Å². The summed E-state index contributed by atoms with van der Waals surface area (Å²) in [7, 11) is 3.32.